The zero-order valence-electron chi connectivity index (χ0n) is 12.3. The van der Waals surface area contributed by atoms with Gasteiger partial charge in [0.15, 0.2) is 0 Å². The van der Waals surface area contributed by atoms with Crippen LogP contribution < -0.4 is 0 Å². The van der Waals surface area contributed by atoms with Crippen LogP contribution in [0.15, 0.2) is 53.4 Å². The predicted octanol–water partition coefficient (Wildman–Crippen LogP) is 4.62. The summed E-state index contributed by atoms with van der Waals surface area (Å²) in [5.41, 5.74) is 1.05. The number of carbonyl (C=O) groups excluding carboxylic acids is 1. The average Bonchev–Trinajstić information content (AvgIpc) is 2.51. The molecule has 2 nitrogen and oxygen atoms in total. The standard InChI is InChI=1S/C17H17ClFNOS/c1-20(12-13-2-4-14(18)5-3-13)17(21)10-11-22-16-8-6-15(19)7-9-16/h2-9H,10-12H2,1H3. The molecule has 0 unspecified atom stereocenters. The van der Waals surface area contributed by atoms with E-state index >= 15 is 0 Å². The first kappa shape index (κ1) is 16.8. The van der Waals surface area contributed by atoms with Gasteiger partial charge in [-0.1, -0.05) is 23.7 Å². The van der Waals surface area contributed by atoms with Crippen molar-refractivity contribution in [3.8, 4) is 0 Å². The summed E-state index contributed by atoms with van der Waals surface area (Å²) in [7, 11) is 1.79. The molecule has 0 fully saturated rings. The fourth-order valence-electron chi connectivity index (χ4n) is 1.93. The maximum Gasteiger partial charge on any atom is 0.223 e. The fourth-order valence-corrected chi connectivity index (χ4v) is 2.90. The van der Waals surface area contributed by atoms with E-state index < -0.39 is 0 Å². The van der Waals surface area contributed by atoms with Crippen LogP contribution in [0, 0.1) is 5.82 Å². The SMILES string of the molecule is CN(Cc1ccc(Cl)cc1)C(=O)CCSc1ccc(F)cc1. The molecule has 0 aliphatic heterocycles. The Kier molecular flexibility index (Phi) is 6.28. The molecule has 5 heteroatoms. The summed E-state index contributed by atoms with van der Waals surface area (Å²) >= 11 is 7.39. The van der Waals surface area contributed by atoms with Crippen molar-refractivity contribution in [3.05, 3.63) is 64.9 Å². The van der Waals surface area contributed by atoms with Crippen LogP contribution in [-0.4, -0.2) is 23.6 Å². The quantitative estimate of drug-likeness (QED) is 0.717. The number of halogens is 2. The number of amides is 1. The zero-order valence-corrected chi connectivity index (χ0v) is 13.8. The van der Waals surface area contributed by atoms with Gasteiger partial charge in [0, 0.05) is 35.7 Å². The molecule has 0 saturated heterocycles. The third kappa shape index (κ3) is 5.35. The highest BCUT2D eigenvalue weighted by atomic mass is 35.5. The van der Waals surface area contributed by atoms with Crippen molar-refractivity contribution in [3.63, 3.8) is 0 Å². The molecule has 0 heterocycles. The summed E-state index contributed by atoms with van der Waals surface area (Å²) in [5.74, 6) is 0.516. The topological polar surface area (TPSA) is 20.3 Å². The Morgan fingerprint density at radius 3 is 2.41 bits per heavy atom. The largest absolute Gasteiger partial charge is 0.341 e. The van der Waals surface area contributed by atoms with Crippen LogP contribution in [0.3, 0.4) is 0 Å². The normalized spacial score (nSPS) is 10.5. The van der Waals surface area contributed by atoms with Gasteiger partial charge in [0.25, 0.3) is 0 Å². The van der Waals surface area contributed by atoms with Crippen molar-refractivity contribution < 1.29 is 9.18 Å². The molecule has 2 aromatic carbocycles. The Labute approximate surface area is 139 Å². The fraction of sp³-hybridized carbons (Fsp3) is 0.235. The molecule has 116 valence electrons. The number of thioether (sulfide) groups is 1. The molecule has 1 amide bonds. The molecule has 0 spiro atoms. The maximum absolute atomic E-state index is 12.8. The molecule has 0 N–H and O–H groups in total. The molecule has 0 saturated carbocycles. The van der Waals surface area contributed by atoms with Crippen molar-refractivity contribution in [1.29, 1.82) is 0 Å². The average molecular weight is 338 g/mol. The molecule has 2 aromatic rings. The van der Waals surface area contributed by atoms with Crippen molar-refractivity contribution in [2.24, 2.45) is 0 Å². The van der Waals surface area contributed by atoms with Crippen molar-refractivity contribution in [2.45, 2.75) is 17.9 Å². The van der Waals surface area contributed by atoms with Gasteiger partial charge >= 0.3 is 0 Å². The second-order valence-corrected chi connectivity index (χ2v) is 6.53. The lowest BCUT2D eigenvalue weighted by Gasteiger charge is -2.17. The van der Waals surface area contributed by atoms with Crippen LogP contribution in [0.25, 0.3) is 0 Å². The van der Waals surface area contributed by atoms with E-state index in [9.17, 15) is 9.18 Å². The van der Waals surface area contributed by atoms with Gasteiger partial charge in [0.2, 0.25) is 5.91 Å². The Bertz CT molecular complexity index is 616. The van der Waals surface area contributed by atoms with Gasteiger partial charge in [-0.2, -0.15) is 0 Å². The number of benzene rings is 2. The highest BCUT2D eigenvalue weighted by Gasteiger charge is 2.09. The van der Waals surface area contributed by atoms with Crippen LogP contribution in [0.2, 0.25) is 5.02 Å². The lowest BCUT2D eigenvalue weighted by molar-refractivity contribution is -0.129. The molecule has 0 aliphatic rings. The van der Waals surface area contributed by atoms with Gasteiger partial charge < -0.3 is 4.90 Å². The second kappa shape index (κ2) is 8.20. The molecule has 0 aliphatic carbocycles. The van der Waals surface area contributed by atoms with E-state index in [0.29, 0.717) is 23.7 Å². The number of hydrogen-bond donors (Lipinski definition) is 0. The molecular weight excluding hydrogens is 321 g/mol. The highest BCUT2D eigenvalue weighted by Crippen LogP contribution is 2.19. The first-order valence-corrected chi connectivity index (χ1v) is 8.28. The monoisotopic (exact) mass is 337 g/mol. The lowest BCUT2D eigenvalue weighted by atomic mass is 10.2. The Hall–Kier alpha value is -1.52. The van der Waals surface area contributed by atoms with Crippen LogP contribution in [0.1, 0.15) is 12.0 Å². The van der Waals surface area contributed by atoms with Crippen LogP contribution in [-0.2, 0) is 11.3 Å². The van der Waals surface area contributed by atoms with Crippen molar-refractivity contribution >= 4 is 29.3 Å². The highest BCUT2D eigenvalue weighted by molar-refractivity contribution is 7.99. The minimum Gasteiger partial charge on any atom is -0.341 e. The van der Waals surface area contributed by atoms with Crippen LogP contribution >= 0.6 is 23.4 Å². The van der Waals surface area contributed by atoms with Gasteiger partial charge in [-0.25, -0.2) is 4.39 Å². The molecule has 0 atom stereocenters. The predicted molar refractivity (Wildman–Crippen MR) is 89.7 cm³/mol. The van der Waals surface area contributed by atoms with E-state index in [1.807, 2.05) is 24.3 Å². The van der Waals surface area contributed by atoms with E-state index in [4.69, 9.17) is 11.6 Å². The summed E-state index contributed by atoms with van der Waals surface area (Å²) in [4.78, 5) is 14.8. The summed E-state index contributed by atoms with van der Waals surface area (Å²) in [6, 6.07) is 13.8. The summed E-state index contributed by atoms with van der Waals surface area (Å²) in [6.07, 6.45) is 0.451. The summed E-state index contributed by atoms with van der Waals surface area (Å²) in [6.45, 7) is 0.567. The second-order valence-electron chi connectivity index (χ2n) is 4.93. The van der Waals surface area contributed by atoms with E-state index in [2.05, 4.69) is 0 Å². The zero-order chi connectivity index (χ0) is 15.9. The Morgan fingerprint density at radius 2 is 1.77 bits per heavy atom. The van der Waals surface area contributed by atoms with Crippen LogP contribution in [0.5, 0.6) is 0 Å². The molecular formula is C17H17ClFNOS. The number of hydrogen-bond acceptors (Lipinski definition) is 2. The van der Waals surface area contributed by atoms with Crippen LogP contribution in [0.4, 0.5) is 4.39 Å². The Morgan fingerprint density at radius 1 is 1.14 bits per heavy atom. The van der Waals surface area contributed by atoms with Crippen molar-refractivity contribution in [2.75, 3.05) is 12.8 Å². The van der Waals surface area contributed by atoms with Crippen molar-refractivity contribution in [1.82, 2.24) is 4.90 Å². The Balaban J connectivity index is 1.76. The van der Waals surface area contributed by atoms with E-state index in [-0.39, 0.29) is 11.7 Å². The van der Waals surface area contributed by atoms with E-state index in [1.165, 1.54) is 12.1 Å². The molecule has 0 aromatic heterocycles. The maximum atomic E-state index is 12.8. The number of rotatable bonds is 6. The van der Waals surface area contributed by atoms with Gasteiger partial charge in [-0.3, -0.25) is 4.79 Å². The van der Waals surface area contributed by atoms with Gasteiger partial charge in [0.1, 0.15) is 5.82 Å². The first-order valence-electron chi connectivity index (χ1n) is 6.91. The molecule has 0 radical (unpaired) electrons. The van der Waals surface area contributed by atoms with E-state index in [0.717, 1.165) is 10.5 Å². The minimum absolute atomic E-state index is 0.0876. The summed E-state index contributed by atoms with van der Waals surface area (Å²) in [5, 5.41) is 0.688. The van der Waals surface area contributed by atoms with E-state index in [1.54, 1.807) is 35.8 Å². The number of nitrogens with zero attached hydrogens (tertiary/aromatic N) is 1. The minimum atomic E-state index is -0.247. The first-order chi connectivity index (χ1) is 10.5. The van der Waals surface area contributed by atoms with Gasteiger partial charge in [0.05, 0.1) is 0 Å². The third-order valence-electron chi connectivity index (χ3n) is 3.16. The third-order valence-corrected chi connectivity index (χ3v) is 4.42. The molecule has 2 rings (SSSR count). The van der Waals surface area contributed by atoms with Gasteiger partial charge in [-0.15, -0.1) is 11.8 Å². The molecule has 0 bridgehead atoms. The number of carbonyl (C=O) groups is 1. The lowest BCUT2D eigenvalue weighted by Crippen LogP contribution is -2.26. The van der Waals surface area contributed by atoms with Gasteiger partial charge in [-0.05, 0) is 42.0 Å². The molecule has 22 heavy (non-hydrogen) atoms. The summed E-state index contributed by atoms with van der Waals surface area (Å²) < 4.78 is 12.8. The smallest absolute Gasteiger partial charge is 0.223 e.